The third kappa shape index (κ3) is 97.9. The third-order valence-electron chi connectivity index (χ3n) is 0.854. The van der Waals surface area contributed by atoms with Crippen LogP contribution in [-0.4, -0.2) is 33.8 Å². The molecule has 0 aliphatic heterocycles. The number of halogens is 1. The van der Waals surface area contributed by atoms with E-state index in [0.717, 1.165) is 6.42 Å². The van der Waals surface area contributed by atoms with Gasteiger partial charge in [0.2, 0.25) is 0 Å². The summed E-state index contributed by atoms with van der Waals surface area (Å²) in [6, 6.07) is 0. The van der Waals surface area contributed by atoms with E-state index in [-0.39, 0.29) is 35.5 Å². The van der Waals surface area contributed by atoms with Gasteiger partial charge >= 0.3 is 23.1 Å². The SMILES string of the molecule is CC(C)(C)O.Cl.[CH2-]CCCCC.[Mg+2]. The second-order valence-corrected chi connectivity index (χ2v) is 3.73. The molecule has 0 aromatic rings. The van der Waals surface area contributed by atoms with E-state index in [0.29, 0.717) is 0 Å². The topological polar surface area (TPSA) is 20.2 Å². The van der Waals surface area contributed by atoms with Gasteiger partial charge in [-0.3, -0.25) is 0 Å². The maximum atomic E-state index is 8.52. The minimum atomic E-state index is -0.500. The molecule has 78 valence electrons. The predicted octanol–water partition coefficient (Wildman–Crippen LogP) is 3.22. The van der Waals surface area contributed by atoms with E-state index in [4.69, 9.17) is 5.11 Å². The smallest absolute Gasteiger partial charge is 0.391 e. The van der Waals surface area contributed by atoms with Gasteiger partial charge in [-0.15, -0.1) is 12.4 Å². The van der Waals surface area contributed by atoms with E-state index in [2.05, 4.69) is 13.8 Å². The largest absolute Gasteiger partial charge is 2.00 e. The first-order valence-corrected chi connectivity index (χ1v) is 4.43. The number of hydrogen-bond donors (Lipinski definition) is 1. The number of rotatable bonds is 3. The fraction of sp³-hybridized carbons (Fsp3) is 0.900. The van der Waals surface area contributed by atoms with Gasteiger partial charge in [0.25, 0.3) is 0 Å². The van der Waals surface area contributed by atoms with Crippen LogP contribution in [0.25, 0.3) is 0 Å². The Hall–Kier alpha value is 1.02. The fourth-order valence-corrected chi connectivity index (χ4v) is 0.427. The average Bonchev–Trinajstić information content (AvgIpc) is 1.79. The molecule has 0 spiro atoms. The first-order valence-electron chi connectivity index (χ1n) is 4.43. The molecule has 0 atom stereocenters. The van der Waals surface area contributed by atoms with E-state index < -0.39 is 5.60 Å². The quantitative estimate of drug-likeness (QED) is 0.439. The zero-order chi connectivity index (χ0) is 9.33. The molecule has 0 aliphatic rings. The van der Waals surface area contributed by atoms with Gasteiger partial charge in [-0.2, -0.15) is 6.42 Å². The summed E-state index contributed by atoms with van der Waals surface area (Å²) >= 11 is 0. The Morgan fingerprint density at radius 2 is 1.46 bits per heavy atom. The second-order valence-electron chi connectivity index (χ2n) is 3.73. The van der Waals surface area contributed by atoms with Crippen LogP contribution in [0.5, 0.6) is 0 Å². The molecule has 0 aromatic heterocycles. The second kappa shape index (κ2) is 15.5. The van der Waals surface area contributed by atoms with Crippen molar-refractivity contribution in [2.45, 2.75) is 59.0 Å². The van der Waals surface area contributed by atoms with Crippen LogP contribution in [0.15, 0.2) is 0 Å². The summed E-state index contributed by atoms with van der Waals surface area (Å²) in [4.78, 5) is 0. The molecule has 0 amide bonds. The van der Waals surface area contributed by atoms with E-state index in [1.807, 2.05) is 0 Å². The Bertz CT molecular complexity index is 61.8. The van der Waals surface area contributed by atoms with Crippen molar-refractivity contribution in [2.24, 2.45) is 0 Å². The molecule has 0 aliphatic carbocycles. The summed E-state index contributed by atoms with van der Waals surface area (Å²) in [6.45, 7) is 11.2. The Morgan fingerprint density at radius 3 is 1.54 bits per heavy atom. The first-order chi connectivity index (χ1) is 4.91. The Labute approximate surface area is 106 Å². The molecule has 0 saturated carbocycles. The summed E-state index contributed by atoms with van der Waals surface area (Å²) in [7, 11) is 0. The summed E-state index contributed by atoms with van der Waals surface area (Å²) in [6.07, 6.45) is 5.07. The molecule has 1 nitrogen and oxygen atoms in total. The summed E-state index contributed by atoms with van der Waals surface area (Å²) in [5.41, 5.74) is -0.500. The number of aliphatic hydroxyl groups is 1. The first kappa shape index (κ1) is 23.7. The van der Waals surface area contributed by atoms with Gasteiger partial charge < -0.3 is 12.0 Å². The zero-order valence-electron chi connectivity index (χ0n) is 9.60. The maximum Gasteiger partial charge on any atom is 2.00 e. The molecule has 0 heterocycles. The molecule has 0 rings (SSSR count). The predicted molar refractivity (Wildman–Crippen MR) is 64.5 cm³/mol. The van der Waals surface area contributed by atoms with Crippen LogP contribution in [0.1, 0.15) is 53.4 Å². The van der Waals surface area contributed by atoms with Gasteiger partial charge in [0.15, 0.2) is 0 Å². The van der Waals surface area contributed by atoms with Crippen LogP contribution in [0.4, 0.5) is 0 Å². The normalized spacial score (nSPS) is 8.77. The summed E-state index contributed by atoms with van der Waals surface area (Å²) < 4.78 is 0. The van der Waals surface area contributed by atoms with Crippen molar-refractivity contribution >= 4 is 35.5 Å². The van der Waals surface area contributed by atoms with Gasteiger partial charge in [0.1, 0.15) is 0 Å². The Balaban J connectivity index is -0.0000000546. The number of unbranched alkanes of at least 4 members (excludes halogenated alkanes) is 3. The van der Waals surface area contributed by atoms with E-state index in [1.54, 1.807) is 20.8 Å². The number of hydrogen-bond acceptors (Lipinski definition) is 1. The van der Waals surface area contributed by atoms with Crippen LogP contribution in [0.3, 0.4) is 0 Å². The van der Waals surface area contributed by atoms with Crippen LogP contribution >= 0.6 is 12.4 Å². The van der Waals surface area contributed by atoms with Crippen molar-refractivity contribution in [1.82, 2.24) is 0 Å². The molecule has 0 saturated heterocycles. The van der Waals surface area contributed by atoms with Gasteiger partial charge in [-0.05, 0) is 20.8 Å². The van der Waals surface area contributed by atoms with Crippen molar-refractivity contribution in [3.63, 3.8) is 0 Å². The van der Waals surface area contributed by atoms with E-state index in [1.165, 1.54) is 19.3 Å². The minimum Gasteiger partial charge on any atom is -0.391 e. The van der Waals surface area contributed by atoms with Gasteiger partial charge in [-0.1, -0.05) is 26.2 Å². The van der Waals surface area contributed by atoms with Crippen molar-refractivity contribution in [1.29, 1.82) is 0 Å². The summed E-state index contributed by atoms with van der Waals surface area (Å²) in [5.74, 6) is 0. The minimum absolute atomic E-state index is 0. The van der Waals surface area contributed by atoms with Gasteiger partial charge in [0, 0.05) is 0 Å². The molecular weight excluding hydrogens is 196 g/mol. The third-order valence-corrected chi connectivity index (χ3v) is 0.854. The molecular formula is C10H24ClMgO+. The Kier molecular flexibility index (Phi) is 28.2. The van der Waals surface area contributed by atoms with Crippen LogP contribution < -0.4 is 0 Å². The van der Waals surface area contributed by atoms with Crippen LogP contribution in [0.2, 0.25) is 0 Å². The Morgan fingerprint density at radius 1 is 1.15 bits per heavy atom. The zero-order valence-corrected chi connectivity index (χ0v) is 11.8. The molecule has 0 bridgehead atoms. The van der Waals surface area contributed by atoms with Crippen molar-refractivity contribution in [3.8, 4) is 0 Å². The monoisotopic (exact) mass is 219 g/mol. The standard InChI is InChI=1S/C6H13.C4H10O.ClH.Mg/c1-3-5-6-4-2;1-4(2,3)5;;/h1,3-6H2,2H3;5H,1-3H3;1H;/q-1;;;+2. The fourth-order valence-electron chi connectivity index (χ4n) is 0.427. The van der Waals surface area contributed by atoms with Crippen molar-refractivity contribution < 1.29 is 5.11 Å². The van der Waals surface area contributed by atoms with Crippen molar-refractivity contribution in [2.75, 3.05) is 0 Å². The molecule has 1 N–H and O–H groups in total. The average molecular weight is 220 g/mol. The van der Waals surface area contributed by atoms with E-state index >= 15 is 0 Å². The van der Waals surface area contributed by atoms with Crippen LogP contribution in [-0.2, 0) is 0 Å². The van der Waals surface area contributed by atoms with Gasteiger partial charge in [0.05, 0.1) is 5.60 Å². The van der Waals surface area contributed by atoms with Crippen LogP contribution in [0, 0.1) is 6.92 Å². The summed E-state index contributed by atoms with van der Waals surface area (Å²) in [5, 5.41) is 8.52. The molecule has 13 heavy (non-hydrogen) atoms. The molecule has 0 fully saturated rings. The van der Waals surface area contributed by atoms with E-state index in [9.17, 15) is 0 Å². The molecule has 0 aromatic carbocycles. The van der Waals surface area contributed by atoms with Crippen molar-refractivity contribution in [3.05, 3.63) is 6.92 Å². The maximum absolute atomic E-state index is 8.52. The van der Waals surface area contributed by atoms with Gasteiger partial charge in [-0.25, -0.2) is 0 Å². The molecule has 0 radical (unpaired) electrons. The molecule has 0 unspecified atom stereocenters. The molecule has 3 heteroatoms.